The average molecular weight is 254 g/mol. The van der Waals surface area contributed by atoms with Crippen LogP contribution in [0.5, 0.6) is 0 Å². The molecule has 0 amide bonds. The molecular formula is C18H22O. The fraction of sp³-hybridized carbons (Fsp3) is 0.389. The molecule has 0 bridgehead atoms. The van der Waals surface area contributed by atoms with Gasteiger partial charge in [0.1, 0.15) is 0 Å². The number of carbonyl (C=O) groups excluding carboxylic acids is 1. The third-order valence-electron chi connectivity index (χ3n) is 3.70. The van der Waals surface area contributed by atoms with E-state index in [9.17, 15) is 4.79 Å². The number of Topliss-reactive ketones (excluding diaryl/α,β-unsaturated/α-hetero) is 1. The SMILES string of the molecule is CC(=O)c1ccc2c(C(C)C)c(C(C)C)ccc2c1. The summed E-state index contributed by atoms with van der Waals surface area (Å²) in [6.07, 6.45) is 0. The fourth-order valence-corrected chi connectivity index (χ4v) is 2.74. The lowest BCUT2D eigenvalue weighted by molar-refractivity contribution is 0.101. The van der Waals surface area contributed by atoms with Crippen molar-refractivity contribution in [2.45, 2.75) is 46.5 Å². The summed E-state index contributed by atoms with van der Waals surface area (Å²) in [5.41, 5.74) is 3.63. The van der Waals surface area contributed by atoms with Crippen LogP contribution in [0, 0.1) is 0 Å². The summed E-state index contributed by atoms with van der Waals surface area (Å²) in [7, 11) is 0. The number of carbonyl (C=O) groups is 1. The van der Waals surface area contributed by atoms with Gasteiger partial charge in [-0.15, -0.1) is 0 Å². The van der Waals surface area contributed by atoms with Gasteiger partial charge in [0.05, 0.1) is 0 Å². The Morgan fingerprint density at radius 2 is 1.63 bits per heavy atom. The standard InChI is InChI=1S/C18H22O/c1-11(2)16-8-7-15-10-14(13(5)19)6-9-17(15)18(16)12(3)4/h6-12H,1-5H3. The van der Waals surface area contributed by atoms with E-state index in [0.29, 0.717) is 11.8 Å². The maximum Gasteiger partial charge on any atom is 0.159 e. The second-order valence-electron chi connectivity index (χ2n) is 5.87. The van der Waals surface area contributed by atoms with Crippen LogP contribution in [0.1, 0.15) is 67.9 Å². The Labute approximate surface area is 115 Å². The lowest BCUT2D eigenvalue weighted by Crippen LogP contribution is -2.00. The van der Waals surface area contributed by atoms with Gasteiger partial charge < -0.3 is 0 Å². The highest BCUT2D eigenvalue weighted by Gasteiger charge is 2.14. The topological polar surface area (TPSA) is 17.1 Å². The zero-order valence-electron chi connectivity index (χ0n) is 12.4. The van der Waals surface area contributed by atoms with Crippen LogP contribution in [0.2, 0.25) is 0 Å². The molecule has 2 aromatic carbocycles. The summed E-state index contributed by atoms with van der Waals surface area (Å²) in [6.45, 7) is 10.6. The molecule has 0 radical (unpaired) electrons. The molecule has 0 aromatic heterocycles. The molecule has 0 unspecified atom stereocenters. The first kappa shape index (κ1) is 13.8. The van der Waals surface area contributed by atoms with E-state index in [1.165, 1.54) is 21.9 Å². The maximum absolute atomic E-state index is 11.5. The zero-order valence-corrected chi connectivity index (χ0v) is 12.4. The van der Waals surface area contributed by atoms with Gasteiger partial charge in [-0.1, -0.05) is 52.0 Å². The van der Waals surface area contributed by atoms with Crippen molar-refractivity contribution >= 4 is 16.6 Å². The molecule has 0 aliphatic carbocycles. The van der Waals surface area contributed by atoms with Crippen molar-refractivity contribution < 1.29 is 4.79 Å². The van der Waals surface area contributed by atoms with Crippen molar-refractivity contribution in [3.63, 3.8) is 0 Å². The molecule has 2 aromatic rings. The van der Waals surface area contributed by atoms with Crippen LogP contribution >= 0.6 is 0 Å². The minimum atomic E-state index is 0.126. The van der Waals surface area contributed by atoms with E-state index >= 15 is 0 Å². The molecule has 0 heterocycles. The minimum Gasteiger partial charge on any atom is -0.295 e. The smallest absolute Gasteiger partial charge is 0.159 e. The van der Waals surface area contributed by atoms with Gasteiger partial charge >= 0.3 is 0 Å². The summed E-state index contributed by atoms with van der Waals surface area (Å²) >= 11 is 0. The van der Waals surface area contributed by atoms with E-state index in [4.69, 9.17) is 0 Å². The lowest BCUT2D eigenvalue weighted by atomic mass is 9.86. The van der Waals surface area contributed by atoms with E-state index in [0.717, 1.165) is 5.56 Å². The molecule has 1 heteroatoms. The van der Waals surface area contributed by atoms with Crippen molar-refractivity contribution in [2.24, 2.45) is 0 Å². The van der Waals surface area contributed by atoms with Crippen LogP contribution in [0.4, 0.5) is 0 Å². The number of hydrogen-bond acceptors (Lipinski definition) is 1. The van der Waals surface area contributed by atoms with Crippen molar-refractivity contribution in [1.82, 2.24) is 0 Å². The van der Waals surface area contributed by atoms with Crippen molar-refractivity contribution in [3.8, 4) is 0 Å². The first-order chi connectivity index (χ1) is 8.91. The molecular weight excluding hydrogens is 232 g/mol. The van der Waals surface area contributed by atoms with Crippen LogP contribution in [0.25, 0.3) is 10.8 Å². The first-order valence-electron chi connectivity index (χ1n) is 6.99. The molecule has 0 spiro atoms. The maximum atomic E-state index is 11.5. The lowest BCUT2D eigenvalue weighted by Gasteiger charge is -2.19. The number of fused-ring (bicyclic) bond motifs is 1. The summed E-state index contributed by atoms with van der Waals surface area (Å²) in [5.74, 6) is 1.14. The van der Waals surface area contributed by atoms with Crippen molar-refractivity contribution in [2.75, 3.05) is 0 Å². The molecule has 100 valence electrons. The average Bonchev–Trinajstić information content (AvgIpc) is 2.35. The number of ketones is 1. The third kappa shape index (κ3) is 2.56. The van der Waals surface area contributed by atoms with Gasteiger partial charge in [0, 0.05) is 5.56 Å². The Kier molecular flexibility index (Phi) is 3.75. The Hall–Kier alpha value is -1.63. The van der Waals surface area contributed by atoms with Gasteiger partial charge in [-0.3, -0.25) is 4.79 Å². The summed E-state index contributed by atoms with van der Waals surface area (Å²) in [6, 6.07) is 10.4. The Bertz CT molecular complexity index is 621. The molecule has 0 aliphatic heterocycles. The molecule has 2 rings (SSSR count). The highest BCUT2D eigenvalue weighted by atomic mass is 16.1. The molecule has 1 nitrogen and oxygen atoms in total. The largest absolute Gasteiger partial charge is 0.295 e. The van der Waals surface area contributed by atoms with E-state index < -0.39 is 0 Å². The van der Waals surface area contributed by atoms with E-state index in [1.54, 1.807) is 6.92 Å². The van der Waals surface area contributed by atoms with Gasteiger partial charge in [0.2, 0.25) is 0 Å². The van der Waals surface area contributed by atoms with Gasteiger partial charge in [-0.05, 0) is 46.7 Å². The molecule has 0 aliphatic rings. The fourth-order valence-electron chi connectivity index (χ4n) is 2.74. The predicted octanol–water partition coefficient (Wildman–Crippen LogP) is 5.29. The molecule has 0 atom stereocenters. The summed E-state index contributed by atoms with van der Waals surface area (Å²) < 4.78 is 0. The molecule has 0 saturated carbocycles. The first-order valence-corrected chi connectivity index (χ1v) is 6.99. The Morgan fingerprint density at radius 1 is 0.947 bits per heavy atom. The Morgan fingerprint density at radius 3 is 2.16 bits per heavy atom. The monoisotopic (exact) mass is 254 g/mol. The van der Waals surface area contributed by atoms with Crippen LogP contribution in [-0.4, -0.2) is 5.78 Å². The number of rotatable bonds is 3. The van der Waals surface area contributed by atoms with Gasteiger partial charge in [0.25, 0.3) is 0 Å². The normalized spacial score (nSPS) is 11.5. The number of hydrogen-bond donors (Lipinski definition) is 0. The molecule has 0 N–H and O–H groups in total. The number of benzene rings is 2. The van der Waals surface area contributed by atoms with Crippen LogP contribution in [0.3, 0.4) is 0 Å². The van der Waals surface area contributed by atoms with Gasteiger partial charge in [-0.2, -0.15) is 0 Å². The van der Waals surface area contributed by atoms with E-state index in [-0.39, 0.29) is 5.78 Å². The third-order valence-corrected chi connectivity index (χ3v) is 3.70. The van der Waals surface area contributed by atoms with Crippen LogP contribution in [0.15, 0.2) is 30.3 Å². The van der Waals surface area contributed by atoms with Gasteiger partial charge in [-0.25, -0.2) is 0 Å². The minimum absolute atomic E-state index is 0.126. The van der Waals surface area contributed by atoms with Crippen LogP contribution in [-0.2, 0) is 0 Å². The molecule has 0 fully saturated rings. The quantitative estimate of drug-likeness (QED) is 0.680. The van der Waals surface area contributed by atoms with Crippen molar-refractivity contribution in [3.05, 3.63) is 47.0 Å². The molecule has 0 saturated heterocycles. The van der Waals surface area contributed by atoms with Gasteiger partial charge in [0.15, 0.2) is 5.78 Å². The highest BCUT2D eigenvalue weighted by molar-refractivity contribution is 5.99. The highest BCUT2D eigenvalue weighted by Crippen LogP contribution is 2.33. The molecule has 19 heavy (non-hydrogen) atoms. The second kappa shape index (κ2) is 5.16. The van der Waals surface area contributed by atoms with Crippen LogP contribution < -0.4 is 0 Å². The van der Waals surface area contributed by atoms with E-state index in [1.807, 2.05) is 12.1 Å². The summed E-state index contributed by atoms with van der Waals surface area (Å²) in [4.78, 5) is 11.5. The second-order valence-corrected chi connectivity index (χ2v) is 5.87. The predicted molar refractivity (Wildman–Crippen MR) is 82.1 cm³/mol. The van der Waals surface area contributed by atoms with E-state index in [2.05, 4.69) is 45.9 Å². The summed E-state index contributed by atoms with van der Waals surface area (Å²) in [5, 5.41) is 2.45. The zero-order chi connectivity index (χ0) is 14.2. The Balaban J connectivity index is 2.76. The van der Waals surface area contributed by atoms with Crippen molar-refractivity contribution in [1.29, 1.82) is 0 Å².